The largest absolute Gasteiger partial charge is 0.317 e. The molecule has 1 atom stereocenters. The number of hydrogen-bond donors (Lipinski definition) is 1. The average molecular weight is 170 g/mol. The third-order valence-corrected chi connectivity index (χ3v) is 2.59. The topological polar surface area (TPSA) is 15.3 Å². The first-order chi connectivity index (χ1) is 5.83. The van der Waals surface area contributed by atoms with Gasteiger partial charge in [-0.15, -0.1) is 0 Å². The van der Waals surface area contributed by atoms with Crippen LogP contribution in [0, 0.1) is 5.92 Å². The van der Waals surface area contributed by atoms with E-state index in [1.54, 1.807) is 0 Å². The Bertz CT molecular complexity index is 114. The molecule has 0 amide bonds. The van der Waals surface area contributed by atoms with Crippen molar-refractivity contribution in [2.45, 2.75) is 26.7 Å². The molecular weight excluding hydrogens is 148 g/mol. The number of nitrogens with zero attached hydrogens (tertiary/aromatic N) is 1. The van der Waals surface area contributed by atoms with Gasteiger partial charge in [0.1, 0.15) is 0 Å². The molecule has 0 bridgehead atoms. The number of rotatable bonds is 5. The molecule has 1 N–H and O–H groups in total. The van der Waals surface area contributed by atoms with Gasteiger partial charge in [-0.1, -0.05) is 13.8 Å². The summed E-state index contributed by atoms with van der Waals surface area (Å²) in [7, 11) is 0. The fourth-order valence-electron chi connectivity index (χ4n) is 1.83. The van der Waals surface area contributed by atoms with Crippen molar-refractivity contribution in [2.75, 3.05) is 32.7 Å². The van der Waals surface area contributed by atoms with Crippen LogP contribution in [0.5, 0.6) is 0 Å². The normalized spacial score (nSPS) is 25.0. The monoisotopic (exact) mass is 170 g/mol. The molecule has 72 valence electrons. The molecule has 1 aliphatic heterocycles. The molecule has 1 saturated heterocycles. The fraction of sp³-hybridized carbons (Fsp3) is 1.00. The van der Waals surface area contributed by atoms with E-state index in [4.69, 9.17) is 0 Å². The predicted molar refractivity (Wildman–Crippen MR) is 53.4 cm³/mol. The van der Waals surface area contributed by atoms with Crippen LogP contribution >= 0.6 is 0 Å². The highest BCUT2D eigenvalue weighted by Crippen LogP contribution is 2.14. The SMILES string of the molecule is CCNCCCN1CCC(C)C1. The zero-order valence-corrected chi connectivity index (χ0v) is 8.47. The molecular formula is C10H22N2. The Labute approximate surface area is 76.3 Å². The lowest BCUT2D eigenvalue weighted by atomic mass is 10.2. The van der Waals surface area contributed by atoms with Gasteiger partial charge in [0.05, 0.1) is 0 Å². The van der Waals surface area contributed by atoms with E-state index in [-0.39, 0.29) is 0 Å². The number of likely N-dealkylation sites (tertiary alicyclic amines) is 1. The van der Waals surface area contributed by atoms with E-state index < -0.39 is 0 Å². The first-order valence-corrected chi connectivity index (χ1v) is 5.26. The Morgan fingerprint density at radius 2 is 2.33 bits per heavy atom. The van der Waals surface area contributed by atoms with Crippen molar-refractivity contribution in [3.05, 3.63) is 0 Å². The Hall–Kier alpha value is -0.0800. The van der Waals surface area contributed by atoms with E-state index in [0.717, 1.165) is 12.5 Å². The molecule has 12 heavy (non-hydrogen) atoms. The summed E-state index contributed by atoms with van der Waals surface area (Å²) < 4.78 is 0. The average Bonchev–Trinajstić information content (AvgIpc) is 2.45. The van der Waals surface area contributed by atoms with Crippen molar-refractivity contribution in [3.8, 4) is 0 Å². The second-order valence-corrected chi connectivity index (χ2v) is 3.90. The standard InChI is InChI=1S/C10H22N2/c1-3-11-6-4-7-12-8-5-10(2)9-12/h10-11H,3-9H2,1-2H3. The van der Waals surface area contributed by atoms with E-state index >= 15 is 0 Å². The molecule has 0 aromatic rings. The molecule has 2 nitrogen and oxygen atoms in total. The molecule has 1 aliphatic rings. The van der Waals surface area contributed by atoms with Crippen LogP contribution in [0.15, 0.2) is 0 Å². The summed E-state index contributed by atoms with van der Waals surface area (Å²) in [5.41, 5.74) is 0. The molecule has 1 fully saturated rings. The van der Waals surface area contributed by atoms with Crippen LogP contribution in [0.3, 0.4) is 0 Å². The maximum Gasteiger partial charge on any atom is 0.000750 e. The maximum absolute atomic E-state index is 3.36. The van der Waals surface area contributed by atoms with Gasteiger partial charge in [-0.05, 0) is 44.9 Å². The summed E-state index contributed by atoms with van der Waals surface area (Å²) in [5.74, 6) is 0.934. The third kappa shape index (κ3) is 3.55. The Morgan fingerprint density at radius 1 is 1.50 bits per heavy atom. The van der Waals surface area contributed by atoms with Crippen LogP contribution in [0.2, 0.25) is 0 Å². The van der Waals surface area contributed by atoms with Gasteiger partial charge >= 0.3 is 0 Å². The summed E-state index contributed by atoms with van der Waals surface area (Å²) >= 11 is 0. The molecule has 2 heteroatoms. The minimum absolute atomic E-state index is 0.934. The van der Waals surface area contributed by atoms with Crippen molar-refractivity contribution in [3.63, 3.8) is 0 Å². The Balaban J connectivity index is 1.93. The van der Waals surface area contributed by atoms with Gasteiger partial charge in [0.15, 0.2) is 0 Å². The van der Waals surface area contributed by atoms with E-state index in [2.05, 4.69) is 24.1 Å². The molecule has 1 heterocycles. The molecule has 0 spiro atoms. The molecule has 0 radical (unpaired) electrons. The second kappa shape index (κ2) is 5.55. The van der Waals surface area contributed by atoms with Gasteiger partial charge in [-0.25, -0.2) is 0 Å². The quantitative estimate of drug-likeness (QED) is 0.626. The molecule has 1 unspecified atom stereocenters. The van der Waals surface area contributed by atoms with Crippen LogP contribution in [0.1, 0.15) is 26.7 Å². The Morgan fingerprint density at radius 3 is 2.92 bits per heavy atom. The van der Waals surface area contributed by atoms with Crippen molar-refractivity contribution in [1.29, 1.82) is 0 Å². The van der Waals surface area contributed by atoms with Gasteiger partial charge in [-0.2, -0.15) is 0 Å². The zero-order valence-electron chi connectivity index (χ0n) is 8.47. The molecule has 0 aromatic carbocycles. The van der Waals surface area contributed by atoms with Gasteiger partial charge in [0, 0.05) is 6.54 Å². The highest BCUT2D eigenvalue weighted by atomic mass is 15.1. The predicted octanol–water partition coefficient (Wildman–Crippen LogP) is 1.33. The van der Waals surface area contributed by atoms with Crippen molar-refractivity contribution >= 4 is 0 Å². The van der Waals surface area contributed by atoms with Crippen molar-refractivity contribution < 1.29 is 0 Å². The second-order valence-electron chi connectivity index (χ2n) is 3.90. The summed E-state index contributed by atoms with van der Waals surface area (Å²) in [6, 6.07) is 0. The first kappa shape index (κ1) is 10.0. The lowest BCUT2D eigenvalue weighted by Crippen LogP contribution is -2.25. The van der Waals surface area contributed by atoms with E-state index in [9.17, 15) is 0 Å². The van der Waals surface area contributed by atoms with Crippen LogP contribution in [-0.2, 0) is 0 Å². The molecule has 1 rings (SSSR count). The molecule has 0 saturated carbocycles. The minimum Gasteiger partial charge on any atom is -0.317 e. The smallest absolute Gasteiger partial charge is 0.000750 e. The van der Waals surface area contributed by atoms with Crippen LogP contribution < -0.4 is 5.32 Å². The first-order valence-electron chi connectivity index (χ1n) is 5.26. The van der Waals surface area contributed by atoms with Crippen LogP contribution in [0.4, 0.5) is 0 Å². The minimum atomic E-state index is 0.934. The fourth-order valence-corrected chi connectivity index (χ4v) is 1.83. The van der Waals surface area contributed by atoms with Gasteiger partial charge < -0.3 is 10.2 Å². The lowest BCUT2D eigenvalue weighted by Gasteiger charge is -2.14. The van der Waals surface area contributed by atoms with Gasteiger partial charge in [0.25, 0.3) is 0 Å². The van der Waals surface area contributed by atoms with Crippen LogP contribution in [-0.4, -0.2) is 37.6 Å². The summed E-state index contributed by atoms with van der Waals surface area (Å²) in [6.45, 7) is 10.7. The molecule has 0 aliphatic carbocycles. The third-order valence-electron chi connectivity index (χ3n) is 2.59. The number of hydrogen-bond acceptors (Lipinski definition) is 2. The van der Waals surface area contributed by atoms with Crippen molar-refractivity contribution in [2.24, 2.45) is 5.92 Å². The van der Waals surface area contributed by atoms with Gasteiger partial charge in [-0.3, -0.25) is 0 Å². The van der Waals surface area contributed by atoms with E-state index in [1.807, 2.05) is 0 Å². The van der Waals surface area contributed by atoms with Gasteiger partial charge in [0.2, 0.25) is 0 Å². The zero-order chi connectivity index (χ0) is 8.81. The summed E-state index contributed by atoms with van der Waals surface area (Å²) in [4.78, 5) is 2.59. The highest BCUT2D eigenvalue weighted by Gasteiger charge is 2.17. The van der Waals surface area contributed by atoms with E-state index in [1.165, 1.54) is 39.0 Å². The Kier molecular flexibility index (Phi) is 4.62. The number of nitrogens with one attached hydrogen (secondary N) is 1. The van der Waals surface area contributed by atoms with Crippen LogP contribution in [0.25, 0.3) is 0 Å². The van der Waals surface area contributed by atoms with Crippen molar-refractivity contribution in [1.82, 2.24) is 10.2 Å². The lowest BCUT2D eigenvalue weighted by molar-refractivity contribution is 0.321. The molecule has 0 aromatic heterocycles. The highest BCUT2D eigenvalue weighted by molar-refractivity contribution is 4.71. The van der Waals surface area contributed by atoms with E-state index in [0.29, 0.717) is 0 Å². The maximum atomic E-state index is 3.36. The summed E-state index contributed by atoms with van der Waals surface area (Å²) in [5, 5.41) is 3.36. The summed E-state index contributed by atoms with van der Waals surface area (Å²) in [6.07, 6.45) is 2.71.